The third-order valence-corrected chi connectivity index (χ3v) is 4.79. The summed E-state index contributed by atoms with van der Waals surface area (Å²) in [6.07, 6.45) is 0.221. The number of phenolic OH excluding ortho intramolecular Hbond substituents is 1. The van der Waals surface area contributed by atoms with Gasteiger partial charge in [0, 0.05) is 6.42 Å². The van der Waals surface area contributed by atoms with Crippen molar-refractivity contribution in [3.05, 3.63) is 29.8 Å². The fourth-order valence-electron chi connectivity index (χ4n) is 3.01. The number of benzene rings is 1. The summed E-state index contributed by atoms with van der Waals surface area (Å²) in [4.78, 5) is 59.9. The first-order valence-electron chi connectivity index (χ1n) is 10.6. The van der Waals surface area contributed by atoms with Crippen molar-refractivity contribution in [2.24, 2.45) is 11.5 Å². The zero-order valence-corrected chi connectivity index (χ0v) is 18.5. The number of aliphatic carboxylic acids is 2. The molecule has 3 unspecified atom stereocenters. The third-order valence-electron chi connectivity index (χ3n) is 4.79. The zero-order chi connectivity index (χ0) is 25.7. The molecule has 0 aliphatic rings. The molecule has 0 aliphatic carbocycles. The molecule has 0 saturated heterocycles. The summed E-state index contributed by atoms with van der Waals surface area (Å²) in [6.45, 7) is -0.142. The highest BCUT2D eigenvalue weighted by atomic mass is 16.4. The van der Waals surface area contributed by atoms with Gasteiger partial charge in [0.15, 0.2) is 0 Å². The molecule has 34 heavy (non-hydrogen) atoms. The quantitative estimate of drug-likeness (QED) is 0.129. The van der Waals surface area contributed by atoms with E-state index in [4.69, 9.17) is 16.6 Å². The normalized spacial score (nSPS) is 13.2. The lowest BCUT2D eigenvalue weighted by molar-refractivity contribution is -0.143. The summed E-state index contributed by atoms with van der Waals surface area (Å²) >= 11 is 0. The number of rotatable bonds is 15. The van der Waals surface area contributed by atoms with Crippen LogP contribution < -0.4 is 27.4 Å². The van der Waals surface area contributed by atoms with Gasteiger partial charge in [-0.3, -0.25) is 19.2 Å². The number of amides is 3. The number of unbranched alkanes of at least 4 members (excludes halogenated alkanes) is 1. The van der Waals surface area contributed by atoms with E-state index in [1.165, 1.54) is 24.3 Å². The van der Waals surface area contributed by atoms with E-state index in [1.54, 1.807) is 0 Å². The van der Waals surface area contributed by atoms with Crippen LogP contribution in [0.3, 0.4) is 0 Å². The molecule has 10 N–H and O–H groups in total. The van der Waals surface area contributed by atoms with Gasteiger partial charge >= 0.3 is 11.9 Å². The largest absolute Gasteiger partial charge is 0.508 e. The summed E-state index contributed by atoms with van der Waals surface area (Å²) in [5.41, 5.74) is 11.2. The van der Waals surface area contributed by atoms with E-state index in [1.807, 2.05) is 0 Å². The van der Waals surface area contributed by atoms with Crippen molar-refractivity contribution in [2.45, 2.75) is 50.2 Å². The molecule has 13 heteroatoms. The lowest BCUT2D eigenvalue weighted by Gasteiger charge is -2.24. The molecular formula is C21H31N5O8. The molecule has 188 valence electrons. The number of carboxylic acid groups (broad SMARTS) is 2. The Balaban J connectivity index is 2.98. The molecule has 0 radical (unpaired) electrons. The Labute approximate surface area is 195 Å². The molecular weight excluding hydrogens is 450 g/mol. The number of carbonyl (C=O) groups excluding carboxylic acids is 3. The maximum Gasteiger partial charge on any atom is 0.326 e. The van der Waals surface area contributed by atoms with Crippen LogP contribution in [0.2, 0.25) is 0 Å². The maximum atomic E-state index is 12.9. The van der Waals surface area contributed by atoms with Gasteiger partial charge in [-0.1, -0.05) is 12.1 Å². The molecule has 0 saturated carbocycles. The molecule has 0 heterocycles. The Bertz CT molecular complexity index is 861. The average Bonchev–Trinajstić information content (AvgIpc) is 2.78. The first-order valence-corrected chi connectivity index (χ1v) is 10.6. The number of hydrogen-bond acceptors (Lipinski definition) is 8. The molecule has 3 atom stereocenters. The second-order valence-corrected chi connectivity index (χ2v) is 7.54. The smallest absolute Gasteiger partial charge is 0.326 e. The Morgan fingerprint density at radius 2 is 1.41 bits per heavy atom. The number of nitrogens with one attached hydrogen (secondary N) is 3. The summed E-state index contributed by atoms with van der Waals surface area (Å²) in [5.74, 6) is -5.16. The minimum Gasteiger partial charge on any atom is -0.508 e. The van der Waals surface area contributed by atoms with Crippen LogP contribution in [0.15, 0.2) is 24.3 Å². The second kappa shape index (κ2) is 14.4. The molecule has 0 bridgehead atoms. The van der Waals surface area contributed by atoms with E-state index in [-0.39, 0.29) is 18.6 Å². The highest BCUT2D eigenvalue weighted by Gasteiger charge is 2.30. The lowest BCUT2D eigenvalue weighted by atomic mass is 10.0. The van der Waals surface area contributed by atoms with Crippen molar-refractivity contribution in [3.63, 3.8) is 0 Å². The van der Waals surface area contributed by atoms with E-state index in [0.29, 0.717) is 24.9 Å². The minimum atomic E-state index is -1.48. The van der Waals surface area contributed by atoms with Crippen molar-refractivity contribution in [1.29, 1.82) is 0 Å². The monoisotopic (exact) mass is 481 g/mol. The van der Waals surface area contributed by atoms with Crippen LogP contribution in [-0.4, -0.2) is 76.2 Å². The molecule has 0 aliphatic heterocycles. The third kappa shape index (κ3) is 10.3. The molecule has 1 rings (SSSR count). The van der Waals surface area contributed by atoms with Crippen LogP contribution in [0.25, 0.3) is 0 Å². The van der Waals surface area contributed by atoms with E-state index in [0.717, 1.165) is 0 Å². The number of carbonyl (C=O) groups is 5. The molecule has 0 spiro atoms. The number of phenols is 1. The van der Waals surface area contributed by atoms with Crippen LogP contribution in [-0.2, 0) is 30.4 Å². The van der Waals surface area contributed by atoms with Crippen molar-refractivity contribution in [1.82, 2.24) is 16.0 Å². The Morgan fingerprint density at radius 3 is 1.94 bits per heavy atom. The van der Waals surface area contributed by atoms with E-state index in [2.05, 4.69) is 16.0 Å². The summed E-state index contributed by atoms with van der Waals surface area (Å²) in [7, 11) is 0. The predicted molar refractivity (Wildman–Crippen MR) is 119 cm³/mol. The fraction of sp³-hybridized carbons (Fsp3) is 0.476. The topological polar surface area (TPSA) is 234 Å². The van der Waals surface area contributed by atoms with Crippen molar-refractivity contribution in [3.8, 4) is 5.75 Å². The van der Waals surface area contributed by atoms with E-state index >= 15 is 0 Å². The van der Waals surface area contributed by atoms with Crippen molar-refractivity contribution in [2.75, 3.05) is 13.1 Å². The minimum absolute atomic E-state index is 0.0000163. The van der Waals surface area contributed by atoms with Crippen LogP contribution in [0.1, 0.15) is 31.2 Å². The number of aromatic hydroxyl groups is 1. The predicted octanol–water partition coefficient (Wildman–Crippen LogP) is -1.96. The van der Waals surface area contributed by atoms with Crippen molar-refractivity contribution < 1.29 is 39.3 Å². The Morgan fingerprint density at radius 1 is 0.824 bits per heavy atom. The highest BCUT2D eigenvalue weighted by molar-refractivity contribution is 5.95. The van der Waals surface area contributed by atoms with E-state index < -0.39 is 60.8 Å². The van der Waals surface area contributed by atoms with Gasteiger partial charge in [0.05, 0.1) is 13.0 Å². The first kappa shape index (κ1) is 28.3. The van der Waals surface area contributed by atoms with Crippen LogP contribution >= 0.6 is 0 Å². The summed E-state index contributed by atoms with van der Waals surface area (Å²) in [6, 6.07) is 1.76. The number of carboxylic acids is 2. The van der Waals surface area contributed by atoms with Gasteiger partial charge in [0.1, 0.15) is 23.9 Å². The van der Waals surface area contributed by atoms with Gasteiger partial charge in [0.2, 0.25) is 17.7 Å². The first-order chi connectivity index (χ1) is 16.1. The SMILES string of the molecule is NCCCCC(NC(=O)C(CC(=O)O)NC(=O)CN)C(=O)NC(Cc1ccc(O)cc1)C(=O)O. The van der Waals surface area contributed by atoms with Crippen LogP contribution in [0.4, 0.5) is 0 Å². The van der Waals surface area contributed by atoms with Gasteiger partial charge < -0.3 is 42.7 Å². The second-order valence-electron chi connectivity index (χ2n) is 7.54. The summed E-state index contributed by atoms with van der Waals surface area (Å²) in [5, 5.41) is 34.9. The summed E-state index contributed by atoms with van der Waals surface area (Å²) < 4.78 is 0. The highest BCUT2D eigenvalue weighted by Crippen LogP contribution is 2.12. The molecule has 0 aromatic heterocycles. The number of nitrogens with two attached hydrogens (primary N) is 2. The molecule has 3 amide bonds. The van der Waals surface area contributed by atoms with Gasteiger partial charge in [-0.2, -0.15) is 0 Å². The van der Waals surface area contributed by atoms with Gasteiger partial charge in [-0.05, 0) is 43.5 Å². The fourth-order valence-corrected chi connectivity index (χ4v) is 3.01. The van der Waals surface area contributed by atoms with Gasteiger partial charge in [-0.25, -0.2) is 4.79 Å². The van der Waals surface area contributed by atoms with Gasteiger partial charge in [-0.15, -0.1) is 0 Å². The van der Waals surface area contributed by atoms with Crippen LogP contribution in [0.5, 0.6) is 5.75 Å². The molecule has 1 aromatic carbocycles. The van der Waals surface area contributed by atoms with E-state index in [9.17, 15) is 34.2 Å². The Hall–Kier alpha value is -3.71. The zero-order valence-electron chi connectivity index (χ0n) is 18.5. The molecule has 0 fully saturated rings. The van der Waals surface area contributed by atoms with Crippen molar-refractivity contribution >= 4 is 29.7 Å². The average molecular weight is 482 g/mol. The van der Waals surface area contributed by atoms with Gasteiger partial charge in [0.25, 0.3) is 0 Å². The maximum absolute atomic E-state index is 12.9. The molecule has 13 nitrogen and oxygen atoms in total. The van der Waals surface area contributed by atoms with Crippen LogP contribution in [0, 0.1) is 0 Å². The number of hydrogen-bond donors (Lipinski definition) is 8. The standard InChI is InChI=1S/C21H31N5O8/c22-8-2-1-3-14(25-20(32)15(10-18(29)30)24-17(28)11-23)19(31)26-16(21(33)34)9-12-4-6-13(27)7-5-12/h4-7,14-16,27H,1-3,8-11,22-23H2,(H,24,28)(H,25,32)(H,26,31)(H,29,30)(H,33,34). The molecule has 1 aromatic rings. The Kier molecular flexibility index (Phi) is 12.0. The lowest BCUT2D eigenvalue weighted by Crippen LogP contribution is -2.56.